The van der Waals surface area contributed by atoms with E-state index < -0.39 is 5.97 Å². The van der Waals surface area contributed by atoms with E-state index in [1.165, 1.54) is 0 Å². The normalized spacial score (nSPS) is 19.4. The van der Waals surface area contributed by atoms with Crippen molar-refractivity contribution in [2.24, 2.45) is 0 Å². The molecular weight excluding hydrogens is 232 g/mol. The Kier molecular flexibility index (Phi) is 2.76. The average molecular weight is 246 g/mol. The number of fused-ring (bicyclic) bond motifs is 1. The molecule has 1 atom stereocenters. The lowest BCUT2D eigenvalue weighted by Gasteiger charge is -2.10. The Hall–Kier alpha value is -1.88. The van der Waals surface area contributed by atoms with E-state index in [2.05, 4.69) is 5.10 Å². The van der Waals surface area contributed by atoms with Gasteiger partial charge in [-0.2, -0.15) is 5.10 Å². The van der Waals surface area contributed by atoms with Gasteiger partial charge in [-0.15, -0.1) is 0 Å². The maximum Gasteiger partial charge on any atom is 0.354 e. The predicted molar refractivity (Wildman–Crippen MR) is 65.7 cm³/mol. The summed E-state index contributed by atoms with van der Waals surface area (Å²) in [6.07, 6.45) is 2.08. The molecule has 0 radical (unpaired) electrons. The van der Waals surface area contributed by atoms with Gasteiger partial charge in [0.05, 0.1) is 18.2 Å². The van der Waals surface area contributed by atoms with Crippen molar-refractivity contribution in [3.63, 3.8) is 0 Å². The number of aromatic carboxylic acids is 1. The zero-order valence-corrected chi connectivity index (χ0v) is 9.87. The van der Waals surface area contributed by atoms with Gasteiger partial charge >= 0.3 is 5.97 Å². The van der Waals surface area contributed by atoms with Crippen LogP contribution in [0.15, 0.2) is 24.3 Å². The zero-order chi connectivity index (χ0) is 12.5. The highest BCUT2D eigenvalue weighted by atomic mass is 16.5. The molecule has 1 aliphatic rings. The Morgan fingerprint density at radius 1 is 1.50 bits per heavy atom. The summed E-state index contributed by atoms with van der Waals surface area (Å²) in [6.45, 7) is 1.27. The van der Waals surface area contributed by atoms with Crippen LogP contribution in [0.25, 0.3) is 10.9 Å². The van der Waals surface area contributed by atoms with Gasteiger partial charge in [-0.05, 0) is 18.9 Å². The predicted octanol–water partition coefficient (Wildman–Crippen LogP) is 1.91. The number of benzene rings is 1. The van der Waals surface area contributed by atoms with Crippen LogP contribution in [0.3, 0.4) is 0 Å². The summed E-state index contributed by atoms with van der Waals surface area (Å²) in [6, 6.07) is 7.30. The van der Waals surface area contributed by atoms with E-state index in [0.717, 1.165) is 19.4 Å². The van der Waals surface area contributed by atoms with Crippen LogP contribution < -0.4 is 0 Å². The highest BCUT2D eigenvalue weighted by Gasteiger charge is 2.22. The van der Waals surface area contributed by atoms with Crippen molar-refractivity contribution in [2.75, 3.05) is 6.61 Å². The van der Waals surface area contributed by atoms with Crippen LogP contribution in [0.4, 0.5) is 0 Å². The van der Waals surface area contributed by atoms with E-state index in [1.54, 1.807) is 10.7 Å². The summed E-state index contributed by atoms with van der Waals surface area (Å²) < 4.78 is 7.09. The SMILES string of the molecule is O=C(O)c1c2ccccc2nn1CC1CCCO1. The van der Waals surface area contributed by atoms with Gasteiger partial charge < -0.3 is 9.84 Å². The van der Waals surface area contributed by atoms with Gasteiger partial charge in [-0.3, -0.25) is 4.68 Å². The quantitative estimate of drug-likeness (QED) is 0.898. The smallest absolute Gasteiger partial charge is 0.354 e. The van der Waals surface area contributed by atoms with Gasteiger partial charge in [0.2, 0.25) is 0 Å². The molecule has 1 saturated heterocycles. The lowest BCUT2D eigenvalue weighted by molar-refractivity contribution is 0.0667. The summed E-state index contributed by atoms with van der Waals surface area (Å²) in [5.74, 6) is -0.943. The highest BCUT2D eigenvalue weighted by molar-refractivity contribution is 6.01. The first-order valence-electron chi connectivity index (χ1n) is 6.06. The van der Waals surface area contributed by atoms with E-state index in [1.807, 2.05) is 18.2 Å². The summed E-state index contributed by atoms with van der Waals surface area (Å²) in [4.78, 5) is 11.4. The third-order valence-corrected chi connectivity index (χ3v) is 3.25. The molecule has 2 aromatic rings. The van der Waals surface area contributed by atoms with Crippen molar-refractivity contribution in [1.82, 2.24) is 9.78 Å². The second kappa shape index (κ2) is 4.42. The summed E-state index contributed by atoms with van der Waals surface area (Å²) in [5, 5.41) is 14.4. The molecule has 5 nitrogen and oxygen atoms in total. The molecule has 5 heteroatoms. The van der Waals surface area contributed by atoms with Crippen LogP contribution >= 0.6 is 0 Å². The largest absolute Gasteiger partial charge is 0.477 e. The van der Waals surface area contributed by atoms with Crippen LogP contribution in [0, 0.1) is 0 Å². The van der Waals surface area contributed by atoms with Crippen LogP contribution in [0.1, 0.15) is 23.3 Å². The molecule has 94 valence electrons. The Bertz CT molecular complexity index is 585. The third kappa shape index (κ3) is 1.86. The van der Waals surface area contributed by atoms with Crippen molar-refractivity contribution < 1.29 is 14.6 Å². The summed E-state index contributed by atoms with van der Waals surface area (Å²) in [7, 11) is 0. The first-order chi connectivity index (χ1) is 8.75. The number of rotatable bonds is 3. The van der Waals surface area contributed by atoms with E-state index in [4.69, 9.17) is 4.74 Å². The van der Waals surface area contributed by atoms with E-state index >= 15 is 0 Å². The first-order valence-corrected chi connectivity index (χ1v) is 6.06. The minimum atomic E-state index is -0.943. The number of aromatic nitrogens is 2. The molecule has 2 heterocycles. The van der Waals surface area contributed by atoms with E-state index in [-0.39, 0.29) is 11.8 Å². The van der Waals surface area contributed by atoms with Crippen LogP contribution in [0.5, 0.6) is 0 Å². The first kappa shape index (κ1) is 11.2. The lowest BCUT2D eigenvalue weighted by atomic mass is 10.2. The topological polar surface area (TPSA) is 64.3 Å². The molecule has 0 amide bonds. The molecule has 1 N–H and O–H groups in total. The van der Waals surface area contributed by atoms with Gasteiger partial charge in [0, 0.05) is 12.0 Å². The number of carboxylic acids is 1. The Labute approximate surface area is 104 Å². The van der Waals surface area contributed by atoms with Crippen LogP contribution in [-0.4, -0.2) is 33.6 Å². The Morgan fingerprint density at radius 3 is 3.06 bits per heavy atom. The van der Waals surface area contributed by atoms with Crippen molar-refractivity contribution in [3.05, 3.63) is 30.0 Å². The van der Waals surface area contributed by atoms with Crippen molar-refractivity contribution in [2.45, 2.75) is 25.5 Å². The van der Waals surface area contributed by atoms with Crippen LogP contribution in [0.2, 0.25) is 0 Å². The molecule has 0 spiro atoms. The van der Waals surface area contributed by atoms with Gasteiger partial charge in [-0.1, -0.05) is 18.2 Å². The third-order valence-electron chi connectivity index (χ3n) is 3.25. The van der Waals surface area contributed by atoms with Gasteiger partial charge in [0.15, 0.2) is 5.69 Å². The monoisotopic (exact) mass is 246 g/mol. The minimum absolute atomic E-state index is 0.0809. The molecule has 1 aliphatic heterocycles. The number of carbonyl (C=O) groups is 1. The second-order valence-corrected chi connectivity index (χ2v) is 4.49. The van der Waals surface area contributed by atoms with Gasteiger partial charge in [0.1, 0.15) is 0 Å². The fraction of sp³-hybridized carbons (Fsp3) is 0.385. The van der Waals surface area contributed by atoms with Crippen molar-refractivity contribution >= 4 is 16.9 Å². The zero-order valence-electron chi connectivity index (χ0n) is 9.87. The number of hydrogen-bond donors (Lipinski definition) is 1. The molecule has 1 aromatic carbocycles. The summed E-state index contributed by atoms with van der Waals surface area (Å²) in [5.41, 5.74) is 0.967. The van der Waals surface area contributed by atoms with Gasteiger partial charge in [-0.25, -0.2) is 4.79 Å². The molecule has 0 bridgehead atoms. The number of ether oxygens (including phenoxy) is 1. The van der Waals surface area contributed by atoms with Crippen molar-refractivity contribution in [1.29, 1.82) is 0 Å². The molecule has 3 rings (SSSR count). The molecule has 0 aliphatic carbocycles. The highest BCUT2D eigenvalue weighted by Crippen LogP contribution is 2.21. The number of carboxylic acid groups (broad SMARTS) is 1. The standard InChI is InChI=1S/C13H14N2O3/c16-13(17)12-10-5-1-2-6-11(10)14-15(12)8-9-4-3-7-18-9/h1-2,5-6,9H,3-4,7-8H2,(H,16,17). The van der Waals surface area contributed by atoms with Gasteiger partial charge in [0.25, 0.3) is 0 Å². The molecule has 1 unspecified atom stereocenters. The lowest BCUT2D eigenvalue weighted by Crippen LogP contribution is -2.19. The molecule has 1 aromatic heterocycles. The van der Waals surface area contributed by atoms with Crippen molar-refractivity contribution in [3.8, 4) is 0 Å². The second-order valence-electron chi connectivity index (χ2n) is 4.49. The molecular formula is C13H14N2O3. The average Bonchev–Trinajstić information content (AvgIpc) is 2.95. The maximum absolute atomic E-state index is 11.4. The molecule has 18 heavy (non-hydrogen) atoms. The number of hydrogen-bond acceptors (Lipinski definition) is 3. The fourth-order valence-corrected chi connectivity index (χ4v) is 2.42. The van der Waals surface area contributed by atoms with E-state index in [0.29, 0.717) is 17.4 Å². The fourth-order valence-electron chi connectivity index (χ4n) is 2.42. The van der Waals surface area contributed by atoms with Crippen LogP contribution in [-0.2, 0) is 11.3 Å². The maximum atomic E-state index is 11.4. The number of nitrogens with zero attached hydrogens (tertiary/aromatic N) is 2. The van der Waals surface area contributed by atoms with E-state index in [9.17, 15) is 9.90 Å². The summed E-state index contributed by atoms with van der Waals surface area (Å²) >= 11 is 0. The minimum Gasteiger partial charge on any atom is -0.477 e. The molecule has 1 fully saturated rings. The Balaban J connectivity index is 2.03. The molecule has 0 saturated carbocycles. The Morgan fingerprint density at radius 2 is 2.33 bits per heavy atom.